The number of oxime groups is 1. The molecule has 19 heavy (non-hydrogen) atoms. The summed E-state index contributed by atoms with van der Waals surface area (Å²) in [6, 6.07) is 0. The van der Waals surface area contributed by atoms with Crippen LogP contribution in [-0.2, 0) is 4.79 Å². The van der Waals surface area contributed by atoms with Gasteiger partial charge in [-0.3, -0.25) is 4.79 Å². The highest BCUT2D eigenvalue weighted by Gasteiger charge is 2.64. The minimum Gasteiger partial charge on any atom is -0.411 e. The van der Waals surface area contributed by atoms with Gasteiger partial charge >= 0.3 is 0 Å². The molecule has 2 N–H and O–H groups in total. The van der Waals surface area contributed by atoms with E-state index in [4.69, 9.17) is 5.21 Å². The molecular formula is C15H17NO3. The summed E-state index contributed by atoms with van der Waals surface area (Å²) in [5, 5.41) is 22.5. The Bertz CT molecular complexity index is 613. The van der Waals surface area contributed by atoms with Gasteiger partial charge in [-0.25, -0.2) is 0 Å². The van der Waals surface area contributed by atoms with Crippen LogP contribution < -0.4 is 0 Å². The second kappa shape index (κ2) is 3.45. The second-order valence-electron chi connectivity index (χ2n) is 5.88. The highest BCUT2D eigenvalue weighted by atomic mass is 16.4. The molecule has 4 heteroatoms. The third kappa shape index (κ3) is 1.27. The van der Waals surface area contributed by atoms with Crippen molar-refractivity contribution in [2.75, 3.05) is 0 Å². The Kier molecular flexibility index (Phi) is 2.24. The quantitative estimate of drug-likeness (QED) is 0.430. The van der Waals surface area contributed by atoms with E-state index in [1.165, 1.54) is 6.21 Å². The van der Waals surface area contributed by atoms with Crippen LogP contribution in [0.15, 0.2) is 39.1 Å². The molecule has 3 aliphatic carbocycles. The summed E-state index contributed by atoms with van der Waals surface area (Å²) in [6.07, 6.45) is 4.82. The molecular weight excluding hydrogens is 242 g/mol. The lowest BCUT2D eigenvalue weighted by Gasteiger charge is -2.39. The van der Waals surface area contributed by atoms with E-state index in [-0.39, 0.29) is 5.78 Å². The number of aliphatic hydroxyl groups is 1. The number of nitrogens with zero attached hydrogens (tertiary/aromatic N) is 1. The van der Waals surface area contributed by atoms with Crippen molar-refractivity contribution in [3.63, 3.8) is 0 Å². The zero-order valence-corrected chi connectivity index (χ0v) is 11.3. The molecule has 1 spiro atoms. The van der Waals surface area contributed by atoms with Gasteiger partial charge < -0.3 is 10.3 Å². The lowest BCUT2D eigenvalue weighted by molar-refractivity contribution is -0.137. The first-order valence-electron chi connectivity index (χ1n) is 6.46. The number of carbonyl (C=O) groups is 1. The molecule has 0 aromatic heterocycles. The first-order chi connectivity index (χ1) is 8.87. The van der Waals surface area contributed by atoms with E-state index in [0.717, 1.165) is 35.1 Å². The predicted molar refractivity (Wildman–Crippen MR) is 71.1 cm³/mol. The zero-order chi connectivity index (χ0) is 14.0. The largest absolute Gasteiger partial charge is 0.411 e. The van der Waals surface area contributed by atoms with Crippen molar-refractivity contribution in [2.45, 2.75) is 39.2 Å². The van der Waals surface area contributed by atoms with E-state index < -0.39 is 11.0 Å². The molecule has 0 heterocycles. The number of fused-ring (bicyclic) bond motifs is 1. The molecule has 4 nitrogen and oxygen atoms in total. The fourth-order valence-electron chi connectivity index (χ4n) is 3.59. The molecule has 0 radical (unpaired) electrons. The van der Waals surface area contributed by atoms with Gasteiger partial charge in [0.1, 0.15) is 5.60 Å². The smallest absolute Gasteiger partial charge is 0.195 e. The maximum absolute atomic E-state index is 12.5. The Morgan fingerprint density at radius 2 is 2.00 bits per heavy atom. The molecule has 1 saturated carbocycles. The lowest BCUT2D eigenvalue weighted by atomic mass is 9.67. The third-order valence-corrected chi connectivity index (χ3v) is 4.97. The fraction of sp³-hybridized carbons (Fsp3) is 0.467. The average Bonchev–Trinajstić information content (AvgIpc) is 3.10. The van der Waals surface area contributed by atoms with Gasteiger partial charge in [-0.15, -0.1) is 0 Å². The van der Waals surface area contributed by atoms with Gasteiger partial charge in [0.05, 0.1) is 6.21 Å². The SMILES string of the molecule is CC1=C(C=NO)C2=C(C)C3(CC3)[C@@](C)(O)C(=O)C2=C1. The van der Waals surface area contributed by atoms with E-state index in [0.29, 0.717) is 5.57 Å². The van der Waals surface area contributed by atoms with Crippen molar-refractivity contribution in [1.29, 1.82) is 0 Å². The summed E-state index contributed by atoms with van der Waals surface area (Å²) < 4.78 is 0. The Hall–Kier alpha value is -1.68. The Labute approximate surface area is 111 Å². The van der Waals surface area contributed by atoms with Gasteiger partial charge in [-0.05, 0) is 50.8 Å². The molecule has 100 valence electrons. The Morgan fingerprint density at radius 3 is 2.53 bits per heavy atom. The molecule has 0 aliphatic heterocycles. The monoisotopic (exact) mass is 259 g/mol. The van der Waals surface area contributed by atoms with Gasteiger partial charge in [0.2, 0.25) is 0 Å². The van der Waals surface area contributed by atoms with Crippen molar-refractivity contribution in [2.24, 2.45) is 10.6 Å². The van der Waals surface area contributed by atoms with Crippen LogP contribution in [-0.4, -0.2) is 27.9 Å². The zero-order valence-electron chi connectivity index (χ0n) is 11.3. The summed E-state index contributed by atoms with van der Waals surface area (Å²) in [5.41, 5.74) is 2.37. The van der Waals surface area contributed by atoms with E-state index in [1.54, 1.807) is 13.0 Å². The number of allylic oxidation sites excluding steroid dienone is 4. The number of ketones is 1. The van der Waals surface area contributed by atoms with Crippen LogP contribution in [0, 0.1) is 5.41 Å². The fourth-order valence-corrected chi connectivity index (χ4v) is 3.59. The van der Waals surface area contributed by atoms with E-state index in [9.17, 15) is 9.90 Å². The Balaban J connectivity index is 2.27. The highest BCUT2D eigenvalue weighted by molar-refractivity contribution is 6.13. The lowest BCUT2D eigenvalue weighted by Crippen LogP contribution is -2.49. The number of rotatable bonds is 1. The highest BCUT2D eigenvalue weighted by Crippen LogP contribution is 2.64. The molecule has 0 amide bonds. The van der Waals surface area contributed by atoms with E-state index in [1.807, 2.05) is 13.8 Å². The molecule has 1 fully saturated rings. The molecule has 0 bridgehead atoms. The van der Waals surface area contributed by atoms with Gasteiger partial charge in [-0.2, -0.15) is 0 Å². The first-order valence-corrected chi connectivity index (χ1v) is 6.46. The van der Waals surface area contributed by atoms with Crippen molar-refractivity contribution in [1.82, 2.24) is 0 Å². The topological polar surface area (TPSA) is 69.9 Å². The molecule has 0 aromatic rings. The van der Waals surface area contributed by atoms with Crippen LogP contribution in [0.25, 0.3) is 0 Å². The van der Waals surface area contributed by atoms with Crippen LogP contribution in [0.4, 0.5) is 0 Å². The van der Waals surface area contributed by atoms with Gasteiger partial charge in [-0.1, -0.05) is 10.7 Å². The van der Waals surface area contributed by atoms with E-state index in [2.05, 4.69) is 5.16 Å². The predicted octanol–water partition coefficient (Wildman–Crippen LogP) is 2.13. The Morgan fingerprint density at radius 1 is 1.37 bits per heavy atom. The molecule has 3 rings (SSSR count). The van der Waals surface area contributed by atoms with E-state index >= 15 is 0 Å². The first kappa shape index (κ1) is 12.4. The van der Waals surface area contributed by atoms with Crippen molar-refractivity contribution in [3.05, 3.63) is 33.9 Å². The third-order valence-electron chi connectivity index (χ3n) is 4.97. The summed E-state index contributed by atoms with van der Waals surface area (Å²) in [4.78, 5) is 12.5. The summed E-state index contributed by atoms with van der Waals surface area (Å²) in [7, 11) is 0. The van der Waals surface area contributed by atoms with Crippen molar-refractivity contribution < 1.29 is 15.1 Å². The minimum absolute atomic E-state index is 0.216. The number of hydrogen-bond acceptors (Lipinski definition) is 4. The van der Waals surface area contributed by atoms with Crippen LogP contribution in [0.3, 0.4) is 0 Å². The minimum atomic E-state index is -1.32. The van der Waals surface area contributed by atoms with Crippen LogP contribution in [0.2, 0.25) is 0 Å². The summed E-state index contributed by atoms with van der Waals surface area (Å²) in [6.45, 7) is 5.47. The molecule has 1 atom stereocenters. The van der Waals surface area contributed by atoms with Gasteiger partial charge in [0.25, 0.3) is 0 Å². The van der Waals surface area contributed by atoms with Crippen LogP contribution in [0.1, 0.15) is 33.6 Å². The number of carbonyl (C=O) groups excluding carboxylic acids is 1. The average molecular weight is 259 g/mol. The normalized spacial score (nSPS) is 32.4. The van der Waals surface area contributed by atoms with Crippen molar-refractivity contribution in [3.8, 4) is 0 Å². The van der Waals surface area contributed by atoms with Gasteiger partial charge in [0, 0.05) is 16.6 Å². The molecule has 0 aromatic carbocycles. The van der Waals surface area contributed by atoms with Gasteiger partial charge in [0.15, 0.2) is 5.78 Å². The summed E-state index contributed by atoms with van der Waals surface area (Å²) >= 11 is 0. The number of hydrogen-bond donors (Lipinski definition) is 2. The maximum atomic E-state index is 12.5. The number of Topliss-reactive ketones (excluding diaryl/α,β-unsaturated/α-hetero) is 1. The second-order valence-corrected chi connectivity index (χ2v) is 5.88. The molecule has 0 unspecified atom stereocenters. The standard InChI is InChI=1S/C15H17NO3/c1-8-6-10-12(11(8)7-16-19)9(2)15(4-5-15)14(3,18)13(10)17/h6-7,18-19H,4-5H2,1-3H3/t14-/m0/s1. The maximum Gasteiger partial charge on any atom is 0.195 e. The summed E-state index contributed by atoms with van der Waals surface area (Å²) in [5.74, 6) is -0.216. The molecule has 3 aliphatic rings. The van der Waals surface area contributed by atoms with Crippen LogP contribution >= 0.6 is 0 Å². The molecule has 0 saturated heterocycles. The van der Waals surface area contributed by atoms with Crippen molar-refractivity contribution >= 4 is 12.0 Å². The van der Waals surface area contributed by atoms with Crippen LogP contribution in [0.5, 0.6) is 0 Å².